The fraction of sp³-hybridized carbons (Fsp3) is 0.267. The molecular formula is C15H19N7O. The largest absolute Gasteiger partial charge is 0.399 e. The normalized spacial score (nSPS) is 10.9. The maximum absolute atomic E-state index is 8.94. The van der Waals surface area contributed by atoms with Crippen molar-refractivity contribution in [2.45, 2.75) is 6.54 Å². The third kappa shape index (κ3) is 3.32. The second kappa shape index (κ2) is 6.49. The highest BCUT2D eigenvalue weighted by Gasteiger charge is 2.11. The van der Waals surface area contributed by atoms with E-state index in [0.29, 0.717) is 24.9 Å². The molecule has 0 spiro atoms. The molecule has 0 amide bonds. The molecule has 8 heteroatoms. The van der Waals surface area contributed by atoms with Crippen molar-refractivity contribution in [2.24, 2.45) is 7.05 Å². The summed E-state index contributed by atoms with van der Waals surface area (Å²) in [5.41, 5.74) is 8.25. The third-order valence-corrected chi connectivity index (χ3v) is 3.43. The molecule has 2 aromatic heterocycles. The Bertz CT molecular complexity index is 797. The minimum Gasteiger partial charge on any atom is -0.399 e. The van der Waals surface area contributed by atoms with Crippen LogP contribution in [0.25, 0.3) is 11.0 Å². The van der Waals surface area contributed by atoms with Gasteiger partial charge in [-0.3, -0.25) is 4.68 Å². The number of aromatic nitrogens is 4. The van der Waals surface area contributed by atoms with E-state index in [-0.39, 0.29) is 6.61 Å². The SMILES string of the molecule is Cn1ncc2c(NCc3ccc(N)cc3)nc(NCCO)nc21. The molecule has 8 nitrogen and oxygen atoms in total. The monoisotopic (exact) mass is 313 g/mol. The summed E-state index contributed by atoms with van der Waals surface area (Å²) in [4.78, 5) is 8.87. The highest BCUT2D eigenvalue weighted by Crippen LogP contribution is 2.22. The Hall–Kier alpha value is -2.87. The van der Waals surface area contributed by atoms with Gasteiger partial charge >= 0.3 is 0 Å². The summed E-state index contributed by atoms with van der Waals surface area (Å²) < 4.78 is 1.69. The molecule has 0 aliphatic rings. The van der Waals surface area contributed by atoms with Crippen LogP contribution in [0.1, 0.15) is 5.56 Å². The molecule has 0 fully saturated rings. The number of hydrogen-bond donors (Lipinski definition) is 4. The first-order valence-electron chi connectivity index (χ1n) is 7.30. The predicted molar refractivity (Wildman–Crippen MR) is 90.1 cm³/mol. The lowest BCUT2D eigenvalue weighted by atomic mass is 10.2. The van der Waals surface area contributed by atoms with E-state index in [0.717, 1.165) is 22.3 Å². The number of nitrogens with zero attached hydrogens (tertiary/aromatic N) is 4. The first-order valence-corrected chi connectivity index (χ1v) is 7.30. The number of aryl methyl sites for hydroxylation is 1. The molecule has 3 rings (SSSR count). The number of benzene rings is 1. The van der Waals surface area contributed by atoms with Gasteiger partial charge in [0.2, 0.25) is 5.95 Å². The van der Waals surface area contributed by atoms with Crippen LogP contribution in [0.3, 0.4) is 0 Å². The highest BCUT2D eigenvalue weighted by atomic mass is 16.3. The van der Waals surface area contributed by atoms with Crippen LogP contribution >= 0.6 is 0 Å². The summed E-state index contributed by atoms with van der Waals surface area (Å²) in [6.45, 7) is 1.02. The number of anilines is 3. The fourth-order valence-corrected chi connectivity index (χ4v) is 2.22. The number of nitrogens with one attached hydrogen (secondary N) is 2. The summed E-state index contributed by atoms with van der Waals surface area (Å²) in [5.74, 6) is 1.15. The van der Waals surface area contributed by atoms with Gasteiger partial charge < -0.3 is 21.5 Å². The maximum atomic E-state index is 8.94. The Labute approximate surface area is 133 Å². The molecule has 1 aromatic carbocycles. The molecule has 0 bridgehead atoms. The number of aliphatic hydroxyl groups is 1. The second-order valence-corrected chi connectivity index (χ2v) is 5.15. The summed E-state index contributed by atoms with van der Waals surface area (Å²) in [6.07, 6.45) is 1.73. The number of nitrogen functional groups attached to an aromatic ring is 1. The molecule has 3 aromatic rings. The minimum atomic E-state index is 0.0149. The molecule has 2 heterocycles. The van der Waals surface area contributed by atoms with Gasteiger partial charge in [0.15, 0.2) is 5.65 Å². The van der Waals surface area contributed by atoms with Gasteiger partial charge in [-0.2, -0.15) is 15.1 Å². The lowest BCUT2D eigenvalue weighted by molar-refractivity contribution is 0.311. The van der Waals surface area contributed by atoms with Crippen molar-refractivity contribution < 1.29 is 5.11 Å². The zero-order valence-electron chi connectivity index (χ0n) is 12.8. The van der Waals surface area contributed by atoms with E-state index in [2.05, 4.69) is 25.7 Å². The zero-order valence-corrected chi connectivity index (χ0v) is 12.8. The van der Waals surface area contributed by atoms with Crippen molar-refractivity contribution in [2.75, 3.05) is 29.5 Å². The second-order valence-electron chi connectivity index (χ2n) is 5.15. The molecule has 120 valence electrons. The van der Waals surface area contributed by atoms with Crippen molar-refractivity contribution >= 4 is 28.5 Å². The van der Waals surface area contributed by atoms with Crippen LogP contribution in [-0.2, 0) is 13.6 Å². The molecule has 23 heavy (non-hydrogen) atoms. The number of aliphatic hydroxyl groups excluding tert-OH is 1. The highest BCUT2D eigenvalue weighted by molar-refractivity contribution is 5.87. The maximum Gasteiger partial charge on any atom is 0.226 e. The summed E-state index contributed by atoms with van der Waals surface area (Å²) in [5, 5.41) is 20.3. The summed E-state index contributed by atoms with van der Waals surface area (Å²) in [6, 6.07) is 7.67. The van der Waals surface area contributed by atoms with Gasteiger partial charge in [-0.1, -0.05) is 12.1 Å². The Morgan fingerprint density at radius 2 is 1.96 bits per heavy atom. The van der Waals surface area contributed by atoms with Crippen LogP contribution in [0.5, 0.6) is 0 Å². The molecule has 0 atom stereocenters. The van der Waals surface area contributed by atoms with Gasteiger partial charge in [-0.05, 0) is 17.7 Å². The van der Waals surface area contributed by atoms with Crippen LogP contribution in [-0.4, -0.2) is 38.0 Å². The van der Waals surface area contributed by atoms with Crippen molar-refractivity contribution in [3.8, 4) is 0 Å². The number of rotatable bonds is 6. The third-order valence-electron chi connectivity index (χ3n) is 3.43. The van der Waals surface area contributed by atoms with E-state index < -0.39 is 0 Å². The van der Waals surface area contributed by atoms with Gasteiger partial charge in [0, 0.05) is 25.8 Å². The quantitative estimate of drug-likeness (QED) is 0.501. The van der Waals surface area contributed by atoms with E-state index in [1.165, 1.54) is 0 Å². The number of fused-ring (bicyclic) bond motifs is 1. The predicted octanol–water partition coefficient (Wildman–Crippen LogP) is 0.962. The van der Waals surface area contributed by atoms with Gasteiger partial charge in [-0.25, -0.2) is 0 Å². The summed E-state index contributed by atoms with van der Waals surface area (Å²) >= 11 is 0. The molecule has 0 saturated heterocycles. The van der Waals surface area contributed by atoms with Gasteiger partial charge in [0.1, 0.15) is 5.82 Å². The van der Waals surface area contributed by atoms with Crippen LogP contribution in [0, 0.1) is 0 Å². The Morgan fingerprint density at radius 3 is 2.70 bits per heavy atom. The van der Waals surface area contributed by atoms with Crippen LogP contribution < -0.4 is 16.4 Å². The molecule has 0 aliphatic carbocycles. The lowest BCUT2D eigenvalue weighted by Gasteiger charge is -2.10. The Balaban J connectivity index is 1.87. The van der Waals surface area contributed by atoms with Crippen LogP contribution in [0.2, 0.25) is 0 Å². The number of nitrogens with two attached hydrogens (primary N) is 1. The van der Waals surface area contributed by atoms with Gasteiger partial charge in [0.25, 0.3) is 0 Å². The minimum absolute atomic E-state index is 0.0149. The van der Waals surface area contributed by atoms with Crippen LogP contribution in [0.4, 0.5) is 17.5 Å². The van der Waals surface area contributed by atoms with Crippen LogP contribution in [0.15, 0.2) is 30.5 Å². The van der Waals surface area contributed by atoms with Gasteiger partial charge in [0.05, 0.1) is 18.2 Å². The smallest absolute Gasteiger partial charge is 0.226 e. The summed E-state index contributed by atoms with van der Waals surface area (Å²) in [7, 11) is 1.83. The standard InChI is InChI=1S/C15H19N7O/c1-22-14-12(9-19-22)13(20-15(21-14)17-6-7-23)18-8-10-2-4-11(16)5-3-10/h2-5,9,23H,6-8,16H2,1H3,(H2,17,18,20,21). The molecule has 0 aliphatic heterocycles. The molecule has 5 N–H and O–H groups in total. The van der Waals surface area contributed by atoms with E-state index in [1.807, 2.05) is 31.3 Å². The lowest BCUT2D eigenvalue weighted by Crippen LogP contribution is -2.11. The fourth-order valence-electron chi connectivity index (χ4n) is 2.22. The Morgan fingerprint density at radius 1 is 1.17 bits per heavy atom. The topological polar surface area (TPSA) is 114 Å². The van der Waals surface area contributed by atoms with Crippen molar-refractivity contribution in [1.29, 1.82) is 0 Å². The zero-order chi connectivity index (χ0) is 16.2. The number of hydrogen-bond acceptors (Lipinski definition) is 7. The van der Waals surface area contributed by atoms with E-state index in [4.69, 9.17) is 10.8 Å². The van der Waals surface area contributed by atoms with Crippen molar-refractivity contribution in [3.63, 3.8) is 0 Å². The van der Waals surface area contributed by atoms with E-state index >= 15 is 0 Å². The van der Waals surface area contributed by atoms with Gasteiger partial charge in [-0.15, -0.1) is 0 Å². The Kier molecular flexibility index (Phi) is 4.24. The van der Waals surface area contributed by atoms with Crippen molar-refractivity contribution in [3.05, 3.63) is 36.0 Å². The van der Waals surface area contributed by atoms with Crippen molar-refractivity contribution in [1.82, 2.24) is 19.7 Å². The average molecular weight is 313 g/mol. The van der Waals surface area contributed by atoms with E-state index in [1.54, 1.807) is 10.9 Å². The molecular weight excluding hydrogens is 294 g/mol. The molecule has 0 unspecified atom stereocenters. The van der Waals surface area contributed by atoms with E-state index in [9.17, 15) is 0 Å². The molecule has 0 radical (unpaired) electrons. The first-order chi connectivity index (χ1) is 11.2. The first kappa shape index (κ1) is 15.0. The molecule has 0 saturated carbocycles. The average Bonchev–Trinajstić information content (AvgIpc) is 2.93.